The lowest BCUT2D eigenvalue weighted by Crippen LogP contribution is -2.42. The van der Waals surface area contributed by atoms with Crippen molar-refractivity contribution < 1.29 is 9.21 Å². The monoisotopic (exact) mass is 316 g/mol. The molecule has 2 atom stereocenters. The molecule has 3 rings (SSSR count). The van der Waals surface area contributed by atoms with Crippen molar-refractivity contribution >= 4 is 5.91 Å². The molecule has 23 heavy (non-hydrogen) atoms. The minimum Gasteiger partial charge on any atom is -0.467 e. The van der Waals surface area contributed by atoms with E-state index < -0.39 is 0 Å². The van der Waals surface area contributed by atoms with Crippen molar-refractivity contribution in [1.29, 1.82) is 0 Å². The number of hydrogen-bond acceptors (Lipinski definition) is 4. The molecular formula is C17H24N4O2. The summed E-state index contributed by atoms with van der Waals surface area (Å²) in [5.41, 5.74) is 2.19. The van der Waals surface area contributed by atoms with E-state index in [4.69, 9.17) is 4.42 Å². The van der Waals surface area contributed by atoms with Crippen LogP contribution in [0, 0.1) is 6.92 Å². The number of hydrogen-bond donors (Lipinski definition) is 2. The van der Waals surface area contributed by atoms with Crippen LogP contribution >= 0.6 is 0 Å². The van der Waals surface area contributed by atoms with Gasteiger partial charge in [0, 0.05) is 18.2 Å². The topological polar surface area (TPSA) is 74.2 Å². The molecule has 6 nitrogen and oxygen atoms in total. The second-order valence-corrected chi connectivity index (χ2v) is 6.35. The first-order valence-corrected chi connectivity index (χ1v) is 8.19. The van der Waals surface area contributed by atoms with Crippen molar-refractivity contribution in [2.45, 2.75) is 38.6 Å². The summed E-state index contributed by atoms with van der Waals surface area (Å²) in [4.78, 5) is 14.5. The van der Waals surface area contributed by atoms with Crippen LogP contribution in [0.15, 0.2) is 28.9 Å². The molecule has 1 fully saturated rings. The van der Waals surface area contributed by atoms with Crippen LogP contribution in [-0.2, 0) is 4.79 Å². The largest absolute Gasteiger partial charge is 0.467 e. The molecule has 3 heterocycles. The smallest absolute Gasteiger partial charge is 0.234 e. The zero-order chi connectivity index (χ0) is 16.2. The summed E-state index contributed by atoms with van der Waals surface area (Å²) in [6, 6.07) is 5.71. The maximum absolute atomic E-state index is 12.2. The highest BCUT2D eigenvalue weighted by Gasteiger charge is 2.25. The lowest BCUT2D eigenvalue weighted by atomic mass is 9.94. The average Bonchev–Trinajstić information content (AvgIpc) is 3.18. The third-order valence-electron chi connectivity index (χ3n) is 4.36. The van der Waals surface area contributed by atoms with E-state index in [1.54, 1.807) is 6.26 Å². The Morgan fingerprint density at radius 3 is 3.17 bits per heavy atom. The van der Waals surface area contributed by atoms with Gasteiger partial charge in [0.2, 0.25) is 5.91 Å². The van der Waals surface area contributed by atoms with Gasteiger partial charge in [0.15, 0.2) is 0 Å². The number of rotatable bonds is 5. The van der Waals surface area contributed by atoms with Crippen LogP contribution in [0.1, 0.15) is 48.9 Å². The first-order chi connectivity index (χ1) is 11.1. The molecule has 0 spiro atoms. The minimum absolute atomic E-state index is 0.0350. The number of nitrogens with zero attached hydrogens (tertiary/aromatic N) is 2. The van der Waals surface area contributed by atoms with E-state index in [1.807, 2.05) is 26.0 Å². The van der Waals surface area contributed by atoms with Crippen LogP contribution < -0.4 is 5.32 Å². The van der Waals surface area contributed by atoms with Crippen molar-refractivity contribution in [2.24, 2.45) is 0 Å². The fraction of sp³-hybridized carbons (Fsp3) is 0.529. The van der Waals surface area contributed by atoms with E-state index in [9.17, 15) is 4.79 Å². The van der Waals surface area contributed by atoms with Crippen LogP contribution in [0.3, 0.4) is 0 Å². The van der Waals surface area contributed by atoms with Gasteiger partial charge in [-0.1, -0.05) is 0 Å². The number of aromatic nitrogens is 2. The van der Waals surface area contributed by atoms with Gasteiger partial charge >= 0.3 is 0 Å². The fourth-order valence-corrected chi connectivity index (χ4v) is 3.19. The number of aromatic amines is 1. The molecule has 2 N–H and O–H groups in total. The predicted octanol–water partition coefficient (Wildman–Crippen LogP) is 2.37. The fourth-order valence-electron chi connectivity index (χ4n) is 3.19. The van der Waals surface area contributed by atoms with Crippen molar-refractivity contribution in [3.05, 3.63) is 41.6 Å². The molecule has 2 aromatic heterocycles. The van der Waals surface area contributed by atoms with Crippen LogP contribution in [0.5, 0.6) is 0 Å². The number of nitrogens with one attached hydrogen (secondary N) is 2. The number of carbonyl (C=O) groups is 1. The molecule has 1 aliphatic heterocycles. The Balaban J connectivity index is 1.52. The first kappa shape index (κ1) is 15.8. The van der Waals surface area contributed by atoms with E-state index in [0.717, 1.165) is 43.1 Å². The molecule has 0 radical (unpaired) electrons. The van der Waals surface area contributed by atoms with Gasteiger partial charge in [0.1, 0.15) is 5.76 Å². The van der Waals surface area contributed by atoms with E-state index in [0.29, 0.717) is 12.5 Å². The number of carbonyl (C=O) groups excluding carboxylic acids is 1. The summed E-state index contributed by atoms with van der Waals surface area (Å²) >= 11 is 0. The Morgan fingerprint density at radius 1 is 1.61 bits per heavy atom. The Morgan fingerprint density at radius 2 is 2.48 bits per heavy atom. The van der Waals surface area contributed by atoms with Crippen LogP contribution in [0.25, 0.3) is 0 Å². The van der Waals surface area contributed by atoms with Gasteiger partial charge in [-0.2, -0.15) is 5.10 Å². The molecule has 0 unspecified atom stereocenters. The highest BCUT2D eigenvalue weighted by Crippen LogP contribution is 2.25. The summed E-state index contributed by atoms with van der Waals surface area (Å²) in [5, 5.41) is 10.4. The van der Waals surface area contributed by atoms with Gasteiger partial charge < -0.3 is 9.73 Å². The van der Waals surface area contributed by atoms with Gasteiger partial charge in [-0.15, -0.1) is 0 Å². The van der Waals surface area contributed by atoms with Gasteiger partial charge in [0.05, 0.1) is 24.5 Å². The van der Waals surface area contributed by atoms with E-state index >= 15 is 0 Å². The molecule has 2 aromatic rings. The summed E-state index contributed by atoms with van der Waals surface area (Å²) in [6.45, 7) is 6.21. The molecule has 0 aromatic carbocycles. The Labute approximate surface area is 136 Å². The van der Waals surface area contributed by atoms with Crippen molar-refractivity contribution in [3.8, 4) is 0 Å². The third-order valence-corrected chi connectivity index (χ3v) is 4.36. The second-order valence-electron chi connectivity index (χ2n) is 6.35. The number of likely N-dealkylation sites (tertiary alicyclic amines) is 1. The zero-order valence-electron chi connectivity index (χ0n) is 13.7. The lowest BCUT2D eigenvalue weighted by Gasteiger charge is -2.31. The Hall–Kier alpha value is -2.08. The molecule has 0 saturated carbocycles. The highest BCUT2D eigenvalue weighted by molar-refractivity contribution is 5.78. The number of furan rings is 1. The molecule has 0 aliphatic carbocycles. The predicted molar refractivity (Wildman–Crippen MR) is 87.0 cm³/mol. The minimum atomic E-state index is -0.105. The molecular weight excluding hydrogens is 292 g/mol. The maximum atomic E-state index is 12.2. The number of aryl methyl sites for hydroxylation is 1. The molecule has 1 aliphatic rings. The summed E-state index contributed by atoms with van der Waals surface area (Å²) in [6.07, 6.45) is 3.85. The molecule has 0 bridgehead atoms. The third kappa shape index (κ3) is 4.01. The van der Waals surface area contributed by atoms with Crippen LogP contribution in [-0.4, -0.2) is 40.6 Å². The lowest BCUT2D eigenvalue weighted by molar-refractivity contribution is -0.123. The van der Waals surface area contributed by atoms with E-state index in [1.165, 1.54) is 0 Å². The van der Waals surface area contributed by atoms with Gasteiger partial charge in [-0.05, 0) is 51.4 Å². The first-order valence-electron chi connectivity index (χ1n) is 8.19. The molecule has 6 heteroatoms. The molecule has 124 valence electrons. The number of amides is 1. The van der Waals surface area contributed by atoms with Crippen molar-refractivity contribution in [2.75, 3.05) is 19.6 Å². The Bertz CT molecular complexity index is 635. The SMILES string of the molecule is Cc1cc([C@@H]2CCCN(CC(=O)N[C@H](C)c3ccco3)C2)n[nH]1. The van der Waals surface area contributed by atoms with E-state index in [2.05, 4.69) is 26.5 Å². The second kappa shape index (κ2) is 7.00. The number of piperidine rings is 1. The van der Waals surface area contributed by atoms with Crippen molar-refractivity contribution in [1.82, 2.24) is 20.4 Å². The zero-order valence-corrected chi connectivity index (χ0v) is 13.7. The van der Waals surface area contributed by atoms with Crippen LogP contribution in [0.2, 0.25) is 0 Å². The Kier molecular flexibility index (Phi) is 4.81. The molecule has 1 saturated heterocycles. The summed E-state index contributed by atoms with van der Waals surface area (Å²) in [7, 11) is 0. The summed E-state index contributed by atoms with van der Waals surface area (Å²) < 4.78 is 5.32. The van der Waals surface area contributed by atoms with Gasteiger partial charge in [-0.3, -0.25) is 14.8 Å². The average molecular weight is 316 g/mol. The number of H-pyrrole nitrogens is 1. The van der Waals surface area contributed by atoms with Gasteiger partial charge in [-0.25, -0.2) is 0 Å². The molecule has 1 amide bonds. The maximum Gasteiger partial charge on any atom is 0.234 e. The van der Waals surface area contributed by atoms with E-state index in [-0.39, 0.29) is 11.9 Å². The van der Waals surface area contributed by atoms with Gasteiger partial charge in [0.25, 0.3) is 0 Å². The van der Waals surface area contributed by atoms with Crippen LogP contribution in [0.4, 0.5) is 0 Å². The van der Waals surface area contributed by atoms with Crippen molar-refractivity contribution in [3.63, 3.8) is 0 Å². The normalized spacial score (nSPS) is 20.3. The quantitative estimate of drug-likeness (QED) is 0.888. The standard InChI is InChI=1S/C17H24N4O2/c1-12-9-15(20-19-12)14-5-3-7-21(10-14)11-17(22)18-13(2)16-6-4-8-23-16/h4,6,8-9,13-14H,3,5,7,10-11H2,1-2H3,(H,18,22)(H,19,20)/t13-,14-/m1/s1. The highest BCUT2D eigenvalue weighted by atomic mass is 16.3. The summed E-state index contributed by atoms with van der Waals surface area (Å²) in [5.74, 6) is 1.22.